The fraction of sp³-hybridized carbons (Fsp3) is 0.137. The molecule has 0 radical (unpaired) electrons. The number of allylic oxidation sites excluding steroid dienone is 5. The monoisotopic (exact) mass is 682 g/mol. The Morgan fingerprint density at radius 3 is 2.00 bits per heavy atom. The number of nitrogens with zero attached hydrogens (tertiary/aromatic N) is 2. The highest BCUT2D eigenvalue weighted by atomic mass is 15.1. The number of aromatic nitrogens is 1. The van der Waals surface area contributed by atoms with Crippen LogP contribution in [0.5, 0.6) is 0 Å². The minimum Gasteiger partial charge on any atom is -0.345 e. The molecule has 6 aromatic carbocycles. The van der Waals surface area contributed by atoms with Gasteiger partial charge >= 0.3 is 0 Å². The Labute approximate surface area is 312 Å². The van der Waals surface area contributed by atoms with Gasteiger partial charge in [0.1, 0.15) is 0 Å². The van der Waals surface area contributed by atoms with E-state index < -0.39 is 0 Å². The van der Waals surface area contributed by atoms with Crippen molar-refractivity contribution in [3.63, 3.8) is 0 Å². The van der Waals surface area contributed by atoms with E-state index in [1.807, 2.05) is 0 Å². The topological polar surface area (TPSA) is 8.17 Å². The molecule has 53 heavy (non-hydrogen) atoms. The smallest absolute Gasteiger partial charge is 0.0537 e. The summed E-state index contributed by atoms with van der Waals surface area (Å²) in [5.41, 5.74) is 15.9. The molecule has 7 aromatic rings. The lowest BCUT2D eigenvalue weighted by atomic mass is 9.63. The lowest BCUT2D eigenvalue weighted by Crippen LogP contribution is -2.37. The van der Waals surface area contributed by atoms with Crippen LogP contribution in [-0.2, 0) is 11.8 Å². The van der Waals surface area contributed by atoms with Gasteiger partial charge in [0.05, 0.1) is 10.9 Å². The van der Waals surface area contributed by atoms with Crippen molar-refractivity contribution < 1.29 is 0 Å². The van der Waals surface area contributed by atoms with Gasteiger partial charge in [0.25, 0.3) is 0 Å². The number of rotatable bonds is 7. The van der Waals surface area contributed by atoms with Crippen LogP contribution < -0.4 is 4.90 Å². The fourth-order valence-electron chi connectivity index (χ4n) is 9.85. The lowest BCUT2D eigenvalue weighted by molar-refractivity contribution is 0.470. The van der Waals surface area contributed by atoms with E-state index in [1.54, 1.807) is 0 Å². The van der Waals surface area contributed by atoms with Crippen LogP contribution in [0.3, 0.4) is 0 Å². The summed E-state index contributed by atoms with van der Waals surface area (Å²) in [5, 5.41) is 1.35. The molecule has 0 saturated heterocycles. The Kier molecular flexibility index (Phi) is 7.65. The number of fused-ring (bicyclic) bond motifs is 6. The summed E-state index contributed by atoms with van der Waals surface area (Å²) >= 11 is 0. The molecule has 1 heterocycles. The zero-order chi connectivity index (χ0) is 35.4. The number of anilines is 1. The standard InChI is InChI=1S/C51H42N2/c1-2-52(40-29-26-36(27-30-40)37-28-33-50-46(34-37)45-23-13-15-25-49(45)53(50)41-20-10-5-11-21-41)42-31-32-44-43-22-12-14-24-47(43)51(48(44)35-42,38-16-6-3-7-17-38)39-18-8-4-9-19-39/h3-33,37,48H,2,34-35H2,1H3. The number of benzene rings is 6. The van der Waals surface area contributed by atoms with E-state index in [0.29, 0.717) is 5.92 Å². The molecule has 2 unspecified atom stereocenters. The third-order valence-corrected chi connectivity index (χ3v) is 12.1. The van der Waals surface area contributed by atoms with Crippen LogP contribution >= 0.6 is 0 Å². The molecule has 3 aliphatic carbocycles. The Morgan fingerprint density at radius 1 is 0.642 bits per heavy atom. The molecule has 2 heteroatoms. The van der Waals surface area contributed by atoms with Gasteiger partial charge in [-0.3, -0.25) is 0 Å². The van der Waals surface area contributed by atoms with Crippen molar-refractivity contribution in [3.8, 4) is 5.69 Å². The maximum absolute atomic E-state index is 2.53. The molecule has 10 rings (SSSR count). The molecule has 0 saturated carbocycles. The zero-order valence-corrected chi connectivity index (χ0v) is 30.1. The average Bonchev–Trinajstić information content (AvgIpc) is 3.72. The molecule has 1 aromatic heterocycles. The van der Waals surface area contributed by atoms with Gasteiger partial charge in [0.15, 0.2) is 0 Å². The highest BCUT2D eigenvalue weighted by Crippen LogP contribution is 2.60. The van der Waals surface area contributed by atoms with Crippen molar-refractivity contribution in [2.24, 2.45) is 5.92 Å². The van der Waals surface area contributed by atoms with Crippen LogP contribution in [0.2, 0.25) is 0 Å². The third kappa shape index (κ3) is 4.93. The van der Waals surface area contributed by atoms with Crippen LogP contribution in [0.25, 0.3) is 28.2 Å². The molecule has 0 fully saturated rings. The molecule has 0 N–H and O–H groups in total. The minimum absolute atomic E-state index is 0.274. The highest BCUT2D eigenvalue weighted by Gasteiger charge is 2.52. The molecule has 0 bridgehead atoms. The van der Waals surface area contributed by atoms with Crippen LogP contribution in [0.4, 0.5) is 5.69 Å². The molecule has 0 aliphatic heterocycles. The van der Waals surface area contributed by atoms with Gasteiger partial charge < -0.3 is 9.47 Å². The van der Waals surface area contributed by atoms with Gasteiger partial charge in [-0.2, -0.15) is 0 Å². The number of para-hydroxylation sites is 2. The van der Waals surface area contributed by atoms with Gasteiger partial charge in [-0.05, 0) is 101 Å². The van der Waals surface area contributed by atoms with Crippen LogP contribution in [0.15, 0.2) is 188 Å². The first-order valence-corrected chi connectivity index (χ1v) is 19.1. The molecule has 2 atom stereocenters. The van der Waals surface area contributed by atoms with Crippen molar-refractivity contribution in [1.29, 1.82) is 0 Å². The maximum Gasteiger partial charge on any atom is 0.0537 e. The molecule has 3 aliphatic rings. The van der Waals surface area contributed by atoms with Crippen LogP contribution in [-0.4, -0.2) is 11.1 Å². The molecule has 2 nitrogen and oxygen atoms in total. The summed E-state index contributed by atoms with van der Waals surface area (Å²) in [5.74, 6) is 0.605. The summed E-state index contributed by atoms with van der Waals surface area (Å²) < 4.78 is 2.42. The summed E-state index contributed by atoms with van der Waals surface area (Å²) in [6.07, 6.45) is 11.5. The minimum atomic E-state index is -0.274. The van der Waals surface area contributed by atoms with Crippen molar-refractivity contribution in [2.75, 3.05) is 11.4 Å². The normalized spacial score (nSPS) is 18.1. The van der Waals surface area contributed by atoms with Crippen molar-refractivity contribution >= 4 is 28.2 Å². The van der Waals surface area contributed by atoms with Crippen molar-refractivity contribution in [1.82, 2.24) is 4.57 Å². The molecular formula is C51H42N2. The van der Waals surface area contributed by atoms with Crippen molar-refractivity contribution in [2.45, 2.75) is 31.1 Å². The average molecular weight is 683 g/mol. The second-order valence-corrected chi connectivity index (χ2v) is 14.7. The fourth-order valence-corrected chi connectivity index (χ4v) is 9.85. The second kappa shape index (κ2) is 12.8. The van der Waals surface area contributed by atoms with Gasteiger partial charge in [0, 0.05) is 46.5 Å². The van der Waals surface area contributed by atoms with Crippen LogP contribution in [0, 0.1) is 5.92 Å². The summed E-state index contributed by atoms with van der Waals surface area (Å²) in [7, 11) is 0. The quantitative estimate of drug-likeness (QED) is 0.162. The largest absolute Gasteiger partial charge is 0.345 e. The van der Waals surface area contributed by atoms with E-state index in [4.69, 9.17) is 0 Å². The second-order valence-electron chi connectivity index (χ2n) is 14.7. The summed E-state index contributed by atoms with van der Waals surface area (Å²) in [4.78, 5) is 2.53. The van der Waals surface area contributed by atoms with E-state index in [2.05, 4.69) is 204 Å². The van der Waals surface area contributed by atoms with Crippen molar-refractivity contribution in [3.05, 3.63) is 227 Å². The number of hydrogen-bond acceptors (Lipinski definition) is 1. The Hall–Kier alpha value is -6.12. The number of hydrogen-bond donors (Lipinski definition) is 0. The molecule has 0 spiro atoms. The lowest BCUT2D eigenvalue weighted by Gasteiger charge is -2.41. The van der Waals surface area contributed by atoms with E-state index in [9.17, 15) is 0 Å². The zero-order valence-electron chi connectivity index (χ0n) is 30.1. The third-order valence-electron chi connectivity index (χ3n) is 12.1. The first kappa shape index (κ1) is 31.6. The Balaban J connectivity index is 0.984. The summed E-state index contributed by atoms with van der Waals surface area (Å²) in [6, 6.07) is 60.6. The van der Waals surface area contributed by atoms with Gasteiger partial charge in [-0.25, -0.2) is 0 Å². The first-order chi connectivity index (χ1) is 26.3. The molecule has 256 valence electrons. The molecule has 0 amide bonds. The van der Waals surface area contributed by atoms with Gasteiger partial charge in [0.2, 0.25) is 0 Å². The van der Waals surface area contributed by atoms with Gasteiger partial charge in [-0.15, -0.1) is 0 Å². The maximum atomic E-state index is 2.53. The van der Waals surface area contributed by atoms with E-state index in [-0.39, 0.29) is 11.3 Å². The Morgan fingerprint density at radius 2 is 1.28 bits per heavy atom. The predicted octanol–water partition coefficient (Wildman–Crippen LogP) is 12.1. The predicted molar refractivity (Wildman–Crippen MR) is 222 cm³/mol. The first-order valence-electron chi connectivity index (χ1n) is 19.1. The Bertz CT molecular complexity index is 2500. The molecular weight excluding hydrogens is 641 g/mol. The van der Waals surface area contributed by atoms with Gasteiger partial charge in [-0.1, -0.05) is 146 Å². The van der Waals surface area contributed by atoms with Crippen LogP contribution in [0.1, 0.15) is 58.3 Å². The SMILES string of the molecule is CCN(C1=CC=C2c3ccccc3C(c3ccccc3)(c3ccccc3)C2C1)c1ccc(C2C=Cc3c(c4ccccc4n3-c3ccccc3)C2)cc1. The van der Waals surface area contributed by atoms with E-state index in [0.717, 1.165) is 19.4 Å². The van der Waals surface area contributed by atoms with E-state index in [1.165, 1.54) is 72.6 Å². The summed E-state index contributed by atoms with van der Waals surface area (Å²) in [6.45, 7) is 3.19. The van der Waals surface area contributed by atoms with E-state index >= 15 is 0 Å². The highest BCUT2D eigenvalue weighted by molar-refractivity contribution is 5.91.